The van der Waals surface area contributed by atoms with Gasteiger partial charge < -0.3 is 14.9 Å². The Morgan fingerprint density at radius 1 is 1.25 bits per heavy atom. The predicted molar refractivity (Wildman–Crippen MR) is 57.1 cm³/mol. The molecule has 1 rings (SSSR count). The van der Waals surface area contributed by atoms with Crippen molar-refractivity contribution in [3.63, 3.8) is 0 Å². The maximum Gasteiger partial charge on any atom is 0.503 e. The first-order valence-corrected chi connectivity index (χ1v) is 4.31. The van der Waals surface area contributed by atoms with Crippen molar-refractivity contribution in [3.8, 4) is 0 Å². The lowest BCUT2D eigenvalue weighted by atomic mass is 10.2. The zero-order chi connectivity index (χ0) is 12.4. The van der Waals surface area contributed by atoms with Crippen molar-refractivity contribution in [2.75, 3.05) is 0 Å². The SMILES string of the molecule is C=CC(=O)OCc1ccccc1.O=C(O)O. The average Bonchev–Trinajstić information content (AvgIpc) is 2.26. The van der Waals surface area contributed by atoms with Crippen molar-refractivity contribution in [3.05, 3.63) is 48.6 Å². The van der Waals surface area contributed by atoms with Crippen molar-refractivity contribution < 1.29 is 24.5 Å². The molecule has 0 saturated carbocycles. The first kappa shape index (κ1) is 13.7. The van der Waals surface area contributed by atoms with Crippen LogP contribution in [-0.4, -0.2) is 22.3 Å². The minimum Gasteiger partial charge on any atom is -0.458 e. The van der Waals surface area contributed by atoms with Crippen LogP contribution in [0, 0.1) is 0 Å². The molecule has 0 unspecified atom stereocenters. The smallest absolute Gasteiger partial charge is 0.458 e. The molecule has 0 bridgehead atoms. The van der Waals surface area contributed by atoms with E-state index in [1.807, 2.05) is 30.3 Å². The van der Waals surface area contributed by atoms with Gasteiger partial charge in [0.25, 0.3) is 0 Å². The van der Waals surface area contributed by atoms with E-state index in [-0.39, 0.29) is 5.97 Å². The Hall–Kier alpha value is -2.30. The molecule has 0 spiro atoms. The van der Waals surface area contributed by atoms with Crippen LogP contribution >= 0.6 is 0 Å². The van der Waals surface area contributed by atoms with Crippen LogP contribution in [0.1, 0.15) is 5.56 Å². The fourth-order valence-corrected chi connectivity index (χ4v) is 0.788. The van der Waals surface area contributed by atoms with E-state index in [1.165, 1.54) is 0 Å². The van der Waals surface area contributed by atoms with E-state index in [0.29, 0.717) is 6.61 Å². The lowest BCUT2D eigenvalue weighted by Crippen LogP contribution is -1.99. The zero-order valence-corrected chi connectivity index (χ0v) is 8.50. The number of esters is 1. The summed E-state index contributed by atoms with van der Waals surface area (Å²) in [6.07, 6.45) is -0.678. The maximum absolute atomic E-state index is 10.6. The summed E-state index contributed by atoms with van der Waals surface area (Å²) in [5.74, 6) is -0.390. The quantitative estimate of drug-likeness (QED) is 0.607. The third-order valence-electron chi connectivity index (χ3n) is 1.39. The van der Waals surface area contributed by atoms with E-state index in [9.17, 15) is 4.79 Å². The number of ether oxygens (including phenoxy) is 1. The molecular weight excluding hydrogens is 212 g/mol. The summed E-state index contributed by atoms with van der Waals surface area (Å²) >= 11 is 0. The fraction of sp³-hybridized carbons (Fsp3) is 0.0909. The first-order valence-electron chi connectivity index (χ1n) is 4.31. The van der Waals surface area contributed by atoms with Crippen LogP contribution < -0.4 is 0 Å². The van der Waals surface area contributed by atoms with Gasteiger partial charge in [0.2, 0.25) is 0 Å². The highest BCUT2D eigenvalue weighted by Gasteiger charge is 1.95. The van der Waals surface area contributed by atoms with Crippen LogP contribution in [0.3, 0.4) is 0 Å². The minimum atomic E-state index is -1.83. The molecule has 0 aliphatic carbocycles. The summed E-state index contributed by atoms with van der Waals surface area (Å²) in [4.78, 5) is 19.2. The van der Waals surface area contributed by atoms with Gasteiger partial charge in [-0.25, -0.2) is 9.59 Å². The van der Waals surface area contributed by atoms with E-state index in [1.54, 1.807) is 0 Å². The summed E-state index contributed by atoms with van der Waals surface area (Å²) in [6, 6.07) is 9.51. The normalized spacial score (nSPS) is 8.25. The van der Waals surface area contributed by atoms with Crippen LogP contribution in [0.5, 0.6) is 0 Å². The number of carboxylic acid groups (broad SMARTS) is 2. The molecule has 0 aliphatic heterocycles. The molecule has 5 heteroatoms. The number of hydrogen-bond donors (Lipinski definition) is 2. The number of hydrogen-bond acceptors (Lipinski definition) is 3. The van der Waals surface area contributed by atoms with Gasteiger partial charge in [0.05, 0.1) is 0 Å². The van der Waals surface area contributed by atoms with Gasteiger partial charge in [0.1, 0.15) is 6.61 Å². The third-order valence-corrected chi connectivity index (χ3v) is 1.39. The second-order valence-corrected chi connectivity index (χ2v) is 2.58. The maximum atomic E-state index is 10.6. The highest BCUT2D eigenvalue weighted by Crippen LogP contribution is 2.00. The average molecular weight is 224 g/mol. The standard InChI is InChI=1S/C10H10O2.CH2O3/c1-2-10(11)12-8-9-6-4-3-5-7-9;2-1(3)4/h2-7H,1,8H2;(H2,2,3,4). The Kier molecular flexibility index (Phi) is 6.89. The van der Waals surface area contributed by atoms with Crippen molar-refractivity contribution in [1.29, 1.82) is 0 Å². The molecular formula is C11H12O5. The molecule has 2 N–H and O–H groups in total. The molecule has 0 amide bonds. The largest absolute Gasteiger partial charge is 0.503 e. The monoisotopic (exact) mass is 224 g/mol. The molecule has 16 heavy (non-hydrogen) atoms. The Bertz CT molecular complexity index is 341. The van der Waals surface area contributed by atoms with Crippen molar-refractivity contribution in [2.45, 2.75) is 6.61 Å². The molecule has 0 heterocycles. The van der Waals surface area contributed by atoms with Gasteiger partial charge in [-0.05, 0) is 5.56 Å². The first-order chi connectivity index (χ1) is 7.56. The van der Waals surface area contributed by atoms with E-state index in [4.69, 9.17) is 19.7 Å². The summed E-state index contributed by atoms with van der Waals surface area (Å²) in [6.45, 7) is 3.61. The van der Waals surface area contributed by atoms with Gasteiger partial charge in [-0.1, -0.05) is 36.9 Å². The molecule has 5 nitrogen and oxygen atoms in total. The molecule has 1 aromatic carbocycles. The molecule has 0 aliphatic rings. The van der Waals surface area contributed by atoms with Gasteiger partial charge in [0.15, 0.2) is 0 Å². The number of rotatable bonds is 3. The predicted octanol–water partition coefficient (Wildman–Crippen LogP) is 2.14. The fourth-order valence-electron chi connectivity index (χ4n) is 0.788. The summed E-state index contributed by atoms with van der Waals surface area (Å²) in [5.41, 5.74) is 0.979. The Balaban J connectivity index is 0.000000487. The summed E-state index contributed by atoms with van der Waals surface area (Å²) in [7, 11) is 0. The molecule has 0 radical (unpaired) electrons. The number of benzene rings is 1. The van der Waals surface area contributed by atoms with Crippen LogP contribution in [0.2, 0.25) is 0 Å². The van der Waals surface area contributed by atoms with Crippen LogP contribution in [0.4, 0.5) is 4.79 Å². The highest BCUT2D eigenvalue weighted by molar-refractivity contribution is 5.81. The highest BCUT2D eigenvalue weighted by atomic mass is 16.6. The molecule has 0 saturated heterocycles. The lowest BCUT2D eigenvalue weighted by Gasteiger charge is -2.00. The van der Waals surface area contributed by atoms with Crippen molar-refractivity contribution in [1.82, 2.24) is 0 Å². The second kappa shape index (κ2) is 8.05. The Morgan fingerprint density at radius 2 is 1.75 bits per heavy atom. The molecule has 0 aromatic heterocycles. The van der Waals surface area contributed by atoms with Crippen LogP contribution in [0.25, 0.3) is 0 Å². The minimum absolute atomic E-state index is 0.311. The van der Waals surface area contributed by atoms with E-state index in [0.717, 1.165) is 11.6 Å². The van der Waals surface area contributed by atoms with Gasteiger partial charge in [-0.2, -0.15) is 0 Å². The number of carbonyl (C=O) groups is 2. The van der Waals surface area contributed by atoms with Crippen molar-refractivity contribution >= 4 is 12.1 Å². The van der Waals surface area contributed by atoms with E-state index >= 15 is 0 Å². The molecule has 1 aromatic rings. The summed E-state index contributed by atoms with van der Waals surface area (Å²) < 4.78 is 4.82. The molecule has 0 atom stereocenters. The van der Waals surface area contributed by atoms with Gasteiger partial charge in [-0.15, -0.1) is 0 Å². The van der Waals surface area contributed by atoms with Crippen LogP contribution in [-0.2, 0) is 16.1 Å². The number of carbonyl (C=O) groups excluding carboxylic acids is 1. The van der Waals surface area contributed by atoms with Gasteiger partial charge in [0, 0.05) is 6.08 Å². The van der Waals surface area contributed by atoms with E-state index in [2.05, 4.69) is 6.58 Å². The third kappa shape index (κ3) is 8.31. The lowest BCUT2D eigenvalue weighted by molar-refractivity contribution is -0.138. The van der Waals surface area contributed by atoms with E-state index < -0.39 is 6.16 Å². The molecule has 0 fully saturated rings. The van der Waals surface area contributed by atoms with Crippen LogP contribution in [0.15, 0.2) is 43.0 Å². The summed E-state index contributed by atoms with van der Waals surface area (Å²) in [5, 5.41) is 13.9. The van der Waals surface area contributed by atoms with Crippen molar-refractivity contribution in [2.24, 2.45) is 0 Å². The topological polar surface area (TPSA) is 83.8 Å². The molecule has 86 valence electrons. The second-order valence-electron chi connectivity index (χ2n) is 2.58. The van der Waals surface area contributed by atoms with Gasteiger partial charge in [-0.3, -0.25) is 0 Å². The zero-order valence-electron chi connectivity index (χ0n) is 8.50. The Labute approximate surface area is 92.6 Å². The Morgan fingerprint density at radius 3 is 2.19 bits per heavy atom. The van der Waals surface area contributed by atoms with Gasteiger partial charge >= 0.3 is 12.1 Å².